The van der Waals surface area contributed by atoms with Crippen molar-refractivity contribution in [3.63, 3.8) is 0 Å². The summed E-state index contributed by atoms with van der Waals surface area (Å²) in [6.45, 7) is 5.19. The zero-order chi connectivity index (χ0) is 20.6. The molecule has 0 saturated carbocycles. The number of halogens is 1. The molecule has 0 fully saturated rings. The molecule has 0 aliphatic rings. The maximum Gasteiger partial charge on any atom is 0.240 e. The summed E-state index contributed by atoms with van der Waals surface area (Å²) < 4.78 is 20.2. The first kappa shape index (κ1) is 19.5. The van der Waals surface area contributed by atoms with Gasteiger partial charge in [0.15, 0.2) is 11.5 Å². The van der Waals surface area contributed by atoms with Crippen LogP contribution in [0.15, 0.2) is 48.5 Å². The van der Waals surface area contributed by atoms with Crippen LogP contribution < -0.4 is 4.74 Å². The highest BCUT2D eigenvalue weighted by molar-refractivity contribution is 6.08. The zero-order valence-corrected chi connectivity index (χ0v) is 16.2. The molecular formula is C22H22FNO4. The Bertz CT molecular complexity index is 1030. The van der Waals surface area contributed by atoms with Crippen LogP contribution in [0.25, 0.3) is 16.9 Å². The summed E-state index contributed by atoms with van der Waals surface area (Å²) in [4.78, 5) is 13.1. The van der Waals surface area contributed by atoms with Crippen molar-refractivity contribution in [1.29, 1.82) is 0 Å². The first-order chi connectivity index (χ1) is 13.2. The minimum Gasteiger partial charge on any atom is -0.503 e. The minimum absolute atomic E-state index is 0.0150. The van der Waals surface area contributed by atoms with Gasteiger partial charge in [0.1, 0.15) is 11.6 Å². The van der Waals surface area contributed by atoms with E-state index in [9.17, 15) is 19.4 Å². The highest BCUT2D eigenvalue weighted by atomic mass is 19.1. The average Bonchev–Trinajstić information content (AvgIpc) is 2.92. The number of rotatable bonds is 4. The lowest BCUT2D eigenvalue weighted by atomic mass is 9.85. The third-order valence-electron chi connectivity index (χ3n) is 4.48. The molecule has 3 aromatic rings. The van der Waals surface area contributed by atoms with E-state index in [1.807, 2.05) is 0 Å². The third kappa shape index (κ3) is 3.22. The SMILES string of the molecule is COc1ccccc1-c1c(C(=O)C(C)(C)C)c(O)c(O)n1-c1ccc(F)cc1. The van der Waals surface area contributed by atoms with Gasteiger partial charge in [0.25, 0.3) is 0 Å². The number of hydrogen-bond acceptors (Lipinski definition) is 4. The summed E-state index contributed by atoms with van der Waals surface area (Å²) in [7, 11) is 1.50. The van der Waals surface area contributed by atoms with E-state index in [2.05, 4.69) is 0 Å². The molecule has 0 unspecified atom stereocenters. The molecule has 2 N–H and O–H groups in total. The van der Waals surface area contributed by atoms with Crippen LogP contribution in [0.4, 0.5) is 4.39 Å². The molecule has 28 heavy (non-hydrogen) atoms. The quantitative estimate of drug-likeness (QED) is 0.627. The van der Waals surface area contributed by atoms with Gasteiger partial charge in [-0.25, -0.2) is 4.39 Å². The van der Waals surface area contributed by atoms with Gasteiger partial charge in [0.05, 0.1) is 18.4 Å². The van der Waals surface area contributed by atoms with E-state index in [0.29, 0.717) is 17.0 Å². The summed E-state index contributed by atoms with van der Waals surface area (Å²) in [6, 6.07) is 12.4. The molecule has 2 aromatic carbocycles. The van der Waals surface area contributed by atoms with Gasteiger partial charge in [-0.15, -0.1) is 0 Å². The number of nitrogens with zero attached hydrogens (tertiary/aromatic N) is 1. The molecule has 0 atom stereocenters. The molecule has 0 bridgehead atoms. The Labute approximate surface area is 162 Å². The average molecular weight is 383 g/mol. The molecule has 0 spiro atoms. The lowest BCUT2D eigenvalue weighted by Gasteiger charge is -2.19. The third-order valence-corrected chi connectivity index (χ3v) is 4.48. The zero-order valence-electron chi connectivity index (χ0n) is 16.2. The predicted molar refractivity (Wildman–Crippen MR) is 105 cm³/mol. The van der Waals surface area contributed by atoms with Crippen LogP contribution in [0.5, 0.6) is 17.4 Å². The van der Waals surface area contributed by atoms with Gasteiger partial charge in [-0.2, -0.15) is 0 Å². The van der Waals surface area contributed by atoms with E-state index >= 15 is 0 Å². The second-order valence-electron chi connectivity index (χ2n) is 7.49. The van der Waals surface area contributed by atoms with Gasteiger partial charge in [0, 0.05) is 16.7 Å². The fourth-order valence-electron chi connectivity index (χ4n) is 3.07. The molecule has 0 amide bonds. The summed E-state index contributed by atoms with van der Waals surface area (Å²) in [6.07, 6.45) is 0. The molecule has 1 heterocycles. The van der Waals surface area contributed by atoms with Gasteiger partial charge in [-0.1, -0.05) is 32.9 Å². The van der Waals surface area contributed by atoms with Gasteiger partial charge in [-0.05, 0) is 36.4 Å². The number of Topliss-reactive ketones (excluding diaryl/α,β-unsaturated/α-hetero) is 1. The van der Waals surface area contributed by atoms with Crippen molar-refractivity contribution in [2.24, 2.45) is 5.41 Å². The van der Waals surface area contributed by atoms with Crippen LogP contribution in [-0.2, 0) is 0 Å². The van der Waals surface area contributed by atoms with Crippen LogP contribution in [0.1, 0.15) is 31.1 Å². The highest BCUT2D eigenvalue weighted by Gasteiger charge is 2.35. The Morgan fingerprint density at radius 3 is 2.21 bits per heavy atom. The standard InChI is InChI=1S/C22H22FNO4/c1-22(2,3)20(26)17-18(15-7-5-6-8-16(15)28-4)24(21(27)19(17)25)14-11-9-13(23)10-12-14/h5-12,25,27H,1-4H3. The van der Waals surface area contributed by atoms with Crippen molar-refractivity contribution in [3.8, 4) is 34.3 Å². The van der Waals surface area contributed by atoms with Crippen molar-refractivity contribution in [3.05, 3.63) is 59.9 Å². The number of aromatic nitrogens is 1. The molecule has 0 aliphatic carbocycles. The maximum absolute atomic E-state index is 13.4. The Kier molecular flexibility index (Phi) is 4.89. The predicted octanol–water partition coefficient (Wildman–Crippen LogP) is 4.93. The van der Waals surface area contributed by atoms with Gasteiger partial charge < -0.3 is 14.9 Å². The molecule has 3 rings (SSSR count). The number of carbonyl (C=O) groups excluding carboxylic acids is 1. The van der Waals surface area contributed by atoms with Crippen molar-refractivity contribution in [2.75, 3.05) is 7.11 Å². The monoisotopic (exact) mass is 383 g/mol. The number of benzene rings is 2. The normalized spacial score (nSPS) is 11.5. The van der Waals surface area contributed by atoms with Crippen molar-refractivity contribution < 1.29 is 24.1 Å². The molecular weight excluding hydrogens is 361 g/mol. The van der Waals surface area contributed by atoms with Crippen LogP contribution in [0.3, 0.4) is 0 Å². The Balaban J connectivity index is 2.44. The van der Waals surface area contributed by atoms with E-state index < -0.39 is 22.9 Å². The first-order valence-corrected chi connectivity index (χ1v) is 8.77. The maximum atomic E-state index is 13.4. The number of carbonyl (C=O) groups is 1. The fraction of sp³-hybridized carbons (Fsp3) is 0.227. The van der Waals surface area contributed by atoms with Crippen molar-refractivity contribution >= 4 is 5.78 Å². The van der Waals surface area contributed by atoms with E-state index in [4.69, 9.17) is 4.74 Å². The van der Waals surface area contributed by atoms with E-state index in [1.165, 1.54) is 35.9 Å². The number of para-hydroxylation sites is 1. The van der Waals surface area contributed by atoms with E-state index in [0.717, 1.165) is 0 Å². The minimum atomic E-state index is -0.810. The number of ketones is 1. The molecule has 0 aliphatic heterocycles. The Hall–Kier alpha value is -3.28. The summed E-state index contributed by atoms with van der Waals surface area (Å²) in [5, 5.41) is 21.4. The number of hydrogen-bond donors (Lipinski definition) is 2. The van der Waals surface area contributed by atoms with Crippen molar-refractivity contribution in [2.45, 2.75) is 20.8 Å². The van der Waals surface area contributed by atoms with Crippen LogP contribution in [0.2, 0.25) is 0 Å². The van der Waals surface area contributed by atoms with Crippen LogP contribution in [0, 0.1) is 11.2 Å². The van der Waals surface area contributed by atoms with Crippen LogP contribution >= 0.6 is 0 Å². The molecule has 6 heteroatoms. The summed E-state index contributed by atoms with van der Waals surface area (Å²) >= 11 is 0. The number of methoxy groups -OCH3 is 1. The lowest BCUT2D eigenvalue weighted by molar-refractivity contribution is 0.0856. The van der Waals surface area contributed by atoms with E-state index in [1.54, 1.807) is 45.0 Å². The first-order valence-electron chi connectivity index (χ1n) is 8.77. The summed E-state index contributed by atoms with van der Waals surface area (Å²) in [5.74, 6) is -1.34. The number of ether oxygens (including phenoxy) is 1. The van der Waals surface area contributed by atoms with E-state index in [-0.39, 0.29) is 17.0 Å². The topological polar surface area (TPSA) is 71.7 Å². The fourth-order valence-corrected chi connectivity index (χ4v) is 3.07. The molecule has 146 valence electrons. The number of aromatic hydroxyl groups is 2. The molecule has 5 nitrogen and oxygen atoms in total. The highest BCUT2D eigenvalue weighted by Crippen LogP contribution is 2.47. The Morgan fingerprint density at radius 1 is 1.04 bits per heavy atom. The van der Waals surface area contributed by atoms with Gasteiger partial charge in [0.2, 0.25) is 5.88 Å². The van der Waals surface area contributed by atoms with Gasteiger partial charge >= 0.3 is 0 Å². The summed E-state index contributed by atoms with van der Waals surface area (Å²) in [5.41, 5.74) is 0.355. The molecule has 1 aromatic heterocycles. The van der Waals surface area contributed by atoms with Crippen molar-refractivity contribution in [1.82, 2.24) is 4.57 Å². The Morgan fingerprint density at radius 2 is 1.64 bits per heavy atom. The second-order valence-corrected chi connectivity index (χ2v) is 7.49. The second kappa shape index (κ2) is 7.03. The molecule has 0 radical (unpaired) electrons. The van der Waals surface area contributed by atoms with Gasteiger partial charge in [-0.3, -0.25) is 9.36 Å². The van der Waals surface area contributed by atoms with Crippen LogP contribution in [-0.4, -0.2) is 27.7 Å². The lowest BCUT2D eigenvalue weighted by Crippen LogP contribution is -2.21. The largest absolute Gasteiger partial charge is 0.503 e. The molecule has 0 saturated heterocycles. The smallest absolute Gasteiger partial charge is 0.240 e.